The third-order valence-corrected chi connectivity index (χ3v) is 6.53. The topological polar surface area (TPSA) is 76.8 Å². The van der Waals surface area contributed by atoms with Crippen molar-refractivity contribution < 1.29 is 23.7 Å². The molecule has 0 atom stereocenters. The maximum absolute atomic E-state index is 13.6. The summed E-state index contributed by atoms with van der Waals surface area (Å²) in [6, 6.07) is 25.7. The molecule has 3 aromatic carbocycles. The van der Waals surface area contributed by atoms with Crippen LogP contribution in [0.4, 0.5) is 0 Å². The fraction of sp³-hybridized carbons (Fsp3) is 0.161. The smallest absolute Gasteiger partial charge is 0.341 e. The van der Waals surface area contributed by atoms with Crippen molar-refractivity contribution in [3.05, 3.63) is 118 Å². The second-order valence-electron chi connectivity index (χ2n) is 8.94. The predicted molar refractivity (Wildman–Crippen MR) is 143 cm³/mol. The lowest BCUT2D eigenvalue weighted by molar-refractivity contribution is -0.504. The van der Waals surface area contributed by atoms with E-state index < -0.39 is 0 Å². The Bertz CT molecular complexity index is 1640. The molecule has 38 heavy (non-hydrogen) atoms. The highest BCUT2D eigenvalue weighted by Crippen LogP contribution is 2.29. The maximum Gasteiger partial charge on any atom is 0.341 e. The molecule has 0 aliphatic rings. The van der Waals surface area contributed by atoms with E-state index in [0.717, 1.165) is 33.8 Å². The molecule has 7 nitrogen and oxygen atoms in total. The highest BCUT2D eigenvalue weighted by Gasteiger charge is 2.22. The largest absolute Gasteiger partial charge is 0.872 e. The molecule has 0 unspecified atom stereocenters. The maximum atomic E-state index is 13.6. The van der Waals surface area contributed by atoms with Crippen LogP contribution in [0.15, 0.2) is 95.9 Å². The Morgan fingerprint density at radius 3 is 2.29 bits per heavy atom. The van der Waals surface area contributed by atoms with Gasteiger partial charge in [0, 0.05) is 11.6 Å². The lowest BCUT2D eigenvalue weighted by Crippen LogP contribution is -2.38. The van der Waals surface area contributed by atoms with Crippen LogP contribution in [-0.2, 0) is 13.2 Å². The normalized spacial score (nSPS) is 10.9. The number of fused-ring (bicyclic) bond motifs is 1. The Balaban J connectivity index is 1.47. The number of rotatable bonds is 8. The van der Waals surface area contributed by atoms with Gasteiger partial charge in [-0.1, -0.05) is 48.5 Å². The summed E-state index contributed by atoms with van der Waals surface area (Å²) >= 11 is 0. The molecule has 0 saturated heterocycles. The third-order valence-electron chi connectivity index (χ3n) is 6.53. The first-order valence-electron chi connectivity index (χ1n) is 12.2. The molecule has 0 spiro atoms. The van der Waals surface area contributed by atoms with Gasteiger partial charge in [-0.2, -0.15) is 8.97 Å². The summed E-state index contributed by atoms with van der Waals surface area (Å²) in [5.41, 5.74) is 4.72. The van der Waals surface area contributed by atoms with Gasteiger partial charge < -0.3 is 19.3 Å². The van der Waals surface area contributed by atoms with Crippen LogP contribution in [-0.4, -0.2) is 18.8 Å². The quantitative estimate of drug-likeness (QED) is 0.293. The van der Waals surface area contributed by atoms with Gasteiger partial charge in [0.1, 0.15) is 18.9 Å². The number of pyridine rings is 1. The van der Waals surface area contributed by atoms with E-state index in [-0.39, 0.29) is 11.3 Å². The van der Waals surface area contributed by atoms with Gasteiger partial charge in [0.05, 0.1) is 26.0 Å². The van der Waals surface area contributed by atoms with Crippen LogP contribution in [0, 0.1) is 6.92 Å². The zero-order valence-corrected chi connectivity index (χ0v) is 21.5. The summed E-state index contributed by atoms with van der Waals surface area (Å²) in [5.74, 6) is 1.93. The Morgan fingerprint density at radius 2 is 1.58 bits per heavy atom. The zero-order valence-electron chi connectivity index (χ0n) is 21.5. The fourth-order valence-electron chi connectivity index (χ4n) is 4.55. The van der Waals surface area contributed by atoms with E-state index in [4.69, 9.17) is 14.2 Å². The SMILES string of the molecule is COc1ccc(COc2ccc(Cn3c(=O)c(C)c(-c4ccc([O-])cc4)[n+]4ccccc34)cc2OC)cc1. The summed E-state index contributed by atoms with van der Waals surface area (Å²) in [6.07, 6.45) is 1.93. The molecule has 2 heterocycles. The first kappa shape index (κ1) is 24.9. The molecule has 2 aromatic heterocycles. The number of nitrogens with zero attached hydrogens (tertiary/aromatic N) is 2. The van der Waals surface area contributed by atoms with Gasteiger partial charge in [-0.3, -0.25) is 0 Å². The van der Waals surface area contributed by atoms with E-state index in [1.165, 1.54) is 12.1 Å². The van der Waals surface area contributed by atoms with Gasteiger partial charge in [-0.05, 0) is 48.4 Å². The summed E-state index contributed by atoms with van der Waals surface area (Å²) in [6.45, 7) is 2.55. The molecule has 5 aromatic rings. The molecule has 0 fully saturated rings. The van der Waals surface area contributed by atoms with Gasteiger partial charge in [0.25, 0.3) is 5.65 Å². The Hall–Kier alpha value is -4.78. The van der Waals surface area contributed by atoms with Crippen LogP contribution in [0.2, 0.25) is 0 Å². The molecular weight excluding hydrogens is 480 g/mol. The molecule has 192 valence electrons. The minimum absolute atomic E-state index is 0.0700. The van der Waals surface area contributed by atoms with Gasteiger partial charge in [-0.25, -0.2) is 4.79 Å². The van der Waals surface area contributed by atoms with Crippen molar-refractivity contribution in [1.82, 2.24) is 4.57 Å². The van der Waals surface area contributed by atoms with Crippen molar-refractivity contribution in [2.24, 2.45) is 0 Å². The third kappa shape index (κ3) is 4.91. The van der Waals surface area contributed by atoms with Crippen molar-refractivity contribution >= 4 is 5.65 Å². The summed E-state index contributed by atoms with van der Waals surface area (Å²) in [7, 11) is 3.24. The standard InChI is InChI=1S/C31H28N2O5/c1-21-30(24-10-12-25(34)13-11-24)32-17-5-4-6-29(32)33(31(21)35)19-23-9-16-27(28(18-23)37-3)38-20-22-7-14-26(36-2)15-8-22/h4-18H,19-20H2,1-3H3. The van der Waals surface area contributed by atoms with Crippen LogP contribution >= 0.6 is 0 Å². The second-order valence-corrected chi connectivity index (χ2v) is 8.94. The van der Waals surface area contributed by atoms with Crippen molar-refractivity contribution in [1.29, 1.82) is 0 Å². The minimum atomic E-state index is -0.101. The monoisotopic (exact) mass is 508 g/mol. The molecule has 5 rings (SSSR count). The molecule has 0 N–H and O–H groups in total. The fourth-order valence-corrected chi connectivity index (χ4v) is 4.55. The molecule has 0 radical (unpaired) electrons. The Kier molecular flexibility index (Phi) is 7.00. The van der Waals surface area contributed by atoms with Crippen molar-refractivity contribution in [2.75, 3.05) is 14.2 Å². The van der Waals surface area contributed by atoms with E-state index in [1.807, 2.05) is 78.2 Å². The molecular formula is C31H28N2O5. The lowest BCUT2D eigenvalue weighted by atomic mass is 10.1. The molecule has 0 amide bonds. The van der Waals surface area contributed by atoms with Crippen LogP contribution in [0.3, 0.4) is 0 Å². The van der Waals surface area contributed by atoms with Gasteiger partial charge >= 0.3 is 5.56 Å². The van der Waals surface area contributed by atoms with Crippen LogP contribution in [0.5, 0.6) is 23.0 Å². The minimum Gasteiger partial charge on any atom is -0.872 e. The number of hydrogen-bond acceptors (Lipinski definition) is 5. The predicted octanol–water partition coefficient (Wildman–Crippen LogP) is 4.28. The summed E-state index contributed by atoms with van der Waals surface area (Å²) in [4.78, 5) is 13.6. The molecule has 0 aliphatic heterocycles. The number of methoxy groups -OCH3 is 2. The highest BCUT2D eigenvalue weighted by molar-refractivity contribution is 5.61. The number of ether oxygens (including phenoxy) is 3. The average Bonchev–Trinajstić information content (AvgIpc) is 2.96. The second kappa shape index (κ2) is 10.7. The van der Waals surface area contributed by atoms with Gasteiger partial charge in [-0.15, -0.1) is 5.75 Å². The van der Waals surface area contributed by atoms with E-state index >= 15 is 0 Å². The zero-order chi connectivity index (χ0) is 26.6. The van der Waals surface area contributed by atoms with Crippen molar-refractivity contribution in [3.8, 4) is 34.3 Å². The Morgan fingerprint density at radius 1 is 0.842 bits per heavy atom. The summed E-state index contributed by atoms with van der Waals surface area (Å²) < 4.78 is 20.6. The van der Waals surface area contributed by atoms with Crippen LogP contribution in [0.25, 0.3) is 16.9 Å². The molecule has 0 saturated carbocycles. The van der Waals surface area contributed by atoms with Crippen molar-refractivity contribution in [3.63, 3.8) is 0 Å². The van der Waals surface area contributed by atoms with Gasteiger partial charge in [0.15, 0.2) is 17.2 Å². The number of benzene rings is 3. The number of hydrogen-bond donors (Lipinski definition) is 0. The highest BCUT2D eigenvalue weighted by atomic mass is 16.5. The Labute approximate surface area is 220 Å². The van der Waals surface area contributed by atoms with Gasteiger partial charge in [0.2, 0.25) is 0 Å². The van der Waals surface area contributed by atoms with E-state index in [1.54, 1.807) is 30.9 Å². The first-order chi connectivity index (χ1) is 18.5. The van der Waals surface area contributed by atoms with Crippen LogP contribution in [0.1, 0.15) is 16.7 Å². The molecule has 0 bridgehead atoms. The average molecular weight is 509 g/mol. The molecule has 0 aliphatic carbocycles. The van der Waals surface area contributed by atoms with Crippen LogP contribution < -0.4 is 29.3 Å². The van der Waals surface area contributed by atoms with E-state index in [2.05, 4.69) is 0 Å². The lowest BCUT2D eigenvalue weighted by Gasteiger charge is -2.14. The van der Waals surface area contributed by atoms with Crippen molar-refractivity contribution in [2.45, 2.75) is 20.1 Å². The summed E-state index contributed by atoms with van der Waals surface area (Å²) in [5, 5.41) is 11.6. The van der Waals surface area contributed by atoms with E-state index in [9.17, 15) is 9.90 Å². The molecule has 7 heteroatoms. The number of aromatic nitrogens is 2. The first-order valence-corrected chi connectivity index (χ1v) is 12.2. The van der Waals surface area contributed by atoms with E-state index in [0.29, 0.717) is 30.2 Å².